The predicted octanol–water partition coefficient (Wildman–Crippen LogP) is 2.38. The van der Waals surface area contributed by atoms with E-state index in [4.69, 9.17) is 9.15 Å². The van der Waals surface area contributed by atoms with E-state index in [1.807, 2.05) is 19.1 Å². The van der Waals surface area contributed by atoms with Gasteiger partial charge in [0.25, 0.3) is 0 Å². The number of rotatable bonds is 6. The SMILES string of the molecule is Cc1ccc(C(CNc2ncccc2[N+](=O)[O-])N2CCOCC2)o1. The van der Waals surface area contributed by atoms with Crippen LogP contribution in [0.25, 0.3) is 0 Å². The Bertz CT molecular complexity index is 697. The van der Waals surface area contributed by atoms with E-state index in [0.29, 0.717) is 19.8 Å². The Morgan fingerprint density at radius 2 is 2.17 bits per heavy atom. The molecule has 3 rings (SSSR count). The van der Waals surface area contributed by atoms with Crippen LogP contribution in [0.2, 0.25) is 0 Å². The second-order valence-corrected chi connectivity index (χ2v) is 5.62. The fourth-order valence-electron chi connectivity index (χ4n) is 2.80. The second-order valence-electron chi connectivity index (χ2n) is 5.62. The molecule has 0 aliphatic carbocycles. The third-order valence-corrected chi connectivity index (χ3v) is 4.02. The molecular weight excluding hydrogens is 312 g/mol. The molecule has 8 heteroatoms. The molecule has 2 aromatic rings. The number of nitro groups is 1. The molecule has 1 fully saturated rings. The lowest BCUT2D eigenvalue weighted by atomic mass is 10.1. The summed E-state index contributed by atoms with van der Waals surface area (Å²) in [5.41, 5.74) is -0.0335. The van der Waals surface area contributed by atoms with E-state index >= 15 is 0 Å². The molecule has 1 aliphatic heterocycles. The van der Waals surface area contributed by atoms with Crippen molar-refractivity contribution in [3.63, 3.8) is 0 Å². The van der Waals surface area contributed by atoms with Gasteiger partial charge in [0.15, 0.2) is 0 Å². The van der Waals surface area contributed by atoms with Crippen molar-refractivity contribution in [3.05, 3.63) is 52.1 Å². The highest BCUT2D eigenvalue weighted by molar-refractivity contribution is 5.55. The van der Waals surface area contributed by atoms with Crippen molar-refractivity contribution >= 4 is 11.5 Å². The molecule has 24 heavy (non-hydrogen) atoms. The van der Waals surface area contributed by atoms with Crippen LogP contribution in [0.1, 0.15) is 17.6 Å². The Kier molecular flexibility index (Phi) is 5.07. The molecule has 0 aromatic carbocycles. The van der Waals surface area contributed by atoms with Crippen LogP contribution >= 0.6 is 0 Å². The van der Waals surface area contributed by atoms with Gasteiger partial charge in [0.1, 0.15) is 11.5 Å². The zero-order valence-corrected chi connectivity index (χ0v) is 13.5. The van der Waals surface area contributed by atoms with Crippen LogP contribution in [-0.2, 0) is 4.74 Å². The van der Waals surface area contributed by atoms with Gasteiger partial charge in [-0.05, 0) is 25.1 Å². The Morgan fingerprint density at radius 3 is 2.83 bits per heavy atom. The van der Waals surface area contributed by atoms with Crippen molar-refractivity contribution in [1.29, 1.82) is 0 Å². The quantitative estimate of drug-likeness (QED) is 0.641. The molecule has 1 N–H and O–H groups in total. The average molecular weight is 332 g/mol. The molecule has 0 spiro atoms. The number of nitrogens with zero attached hydrogens (tertiary/aromatic N) is 3. The van der Waals surface area contributed by atoms with Crippen molar-refractivity contribution in [2.24, 2.45) is 0 Å². The van der Waals surface area contributed by atoms with Crippen LogP contribution in [0.3, 0.4) is 0 Å². The molecule has 1 aliphatic rings. The lowest BCUT2D eigenvalue weighted by Crippen LogP contribution is -2.41. The number of hydrogen-bond acceptors (Lipinski definition) is 7. The molecule has 0 bridgehead atoms. The van der Waals surface area contributed by atoms with Crippen LogP contribution in [0, 0.1) is 17.0 Å². The molecule has 1 unspecified atom stereocenters. The van der Waals surface area contributed by atoms with Crippen LogP contribution in [0.15, 0.2) is 34.9 Å². The number of aryl methyl sites for hydroxylation is 1. The molecule has 3 heterocycles. The average Bonchev–Trinajstić information content (AvgIpc) is 3.02. The van der Waals surface area contributed by atoms with E-state index in [-0.39, 0.29) is 17.5 Å². The predicted molar refractivity (Wildman–Crippen MR) is 88.0 cm³/mol. The van der Waals surface area contributed by atoms with Crippen LogP contribution < -0.4 is 5.32 Å². The normalized spacial score (nSPS) is 16.7. The summed E-state index contributed by atoms with van der Waals surface area (Å²) in [5, 5.41) is 14.2. The van der Waals surface area contributed by atoms with Gasteiger partial charge in [-0.25, -0.2) is 4.98 Å². The van der Waals surface area contributed by atoms with Crippen LogP contribution in [0.5, 0.6) is 0 Å². The number of nitrogens with one attached hydrogen (secondary N) is 1. The van der Waals surface area contributed by atoms with Gasteiger partial charge in [-0.3, -0.25) is 15.0 Å². The smallest absolute Gasteiger partial charge is 0.311 e. The first kappa shape index (κ1) is 16.4. The number of morpholine rings is 1. The van der Waals surface area contributed by atoms with Gasteiger partial charge in [0.2, 0.25) is 5.82 Å². The van der Waals surface area contributed by atoms with E-state index in [2.05, 4.69) is 15.2 Å². The van der Waals surface area contributed by atoms with Crippen LogP contribution in [-0.4, -0.2) is 47.7 Å². The number of furan rings is 1. The van der Waals surface area contributed by atoms with Crippen molar-refractivity contribution in [3.8, 4) is 0 Å². The lowest BCUT2D eigenvalue weighted by molar-refractivity contribution is -0.384. The van der Waals surface area contributed by atoms with Gasteiger partial charge in [0.05, 0.1) is 24.2 Å². The highest BCUT2D eigenvalue weighted by Crippen LogP contribution is 2.26. The lowest BCUT2D eigenvalue weighted by Gasteiger charge is -2.33. The van der Waals surface area contributed by atoms with E-state index in [1.165, 1.54) is 12.3 Å². The highest BCUT2D eigenvalue weighted by Gasteiger charge is 2.26. The zero-order valence-electron chi connectivity index (χ0n) is 13.5. The Hall–Kier alpha value is -2.45. The van der Waals surface area contributed by atoms with E-state index in [1.54, 1.807) is 6.07 Å². The molecule has 1 atom stereocenters. The van der Waals surface area contributed by atoms with Gasteiger partial charge in [-0.1, -0.05) is 0 Å². The Balaban J connectivity index is 1.78. The maximum atomic E-state index is 11.1. The van der Waals surface area contributed by atoms with Gasteiger partial charge in [-0.15, -0.1) is 0 Å². The molecular formula is C16H20N4O4. The number of aromatic nitrogens is 1. The number of ether oxygens (including phenoxy) is 1. The minimum atomic E-state index is -0.434. The minimum Gasteiger partial charge on any atom is -0.465 e. The largest absolute Gasteiger partial charge is 0.465 e. The standard InChI is InChI=1S/C16H20N4O4/c1-12-4-5-15(24-12)14(19-7-9-23-10-8-19)11-18-16-13(20(21)22)3-2-6-17-16/h2-6,14H,7-11H2,1H3,(H,17,18). The van der Waals surface area contributed by atoms with Gasteiger partial charge >= 0.3 is 5.69 Å². The van der Waals surface area contributed by atoms with Crippen molar-refractivity contribution in [2.75, 3.05) is 38.2 Å². The van der Waals surface area contributed by atoms with Crippen molar-refractivity contribution in [1.82, 2.24) is 9.88 Å². The fourth-order valence-corrected chi connectivity index (χ4v) is 2.80. The maximum absolute atomic E-state index is 11.1. The highest BCUT2D eigenvalue weighted by atomic mass is 16.6. The maximum Gasteiger partial charge on any atom is 0.311 e. The summed E-state index contributed by atoms with van der Waals surface area (Å²) in [4.78, 5) is 17.0. The molecule has 0 amide bonds. The van der Waals surface area contributed by atoms with Gasteiger partial charge < -0.3 is 14.5 Å². The fraction of sp³-hybridized carbons (Fsp3) is 0.438. The third kappa shape index (κ3) is 3.72. The summed E-state index contributed by atoms with van der Waals surface area (Å²) >= 11 is 0. The van der Waals surface area contributed by atoms with Gasteiger partial charge in [0, 0.05) is 31.9 Å². The van der Waals surface area contributed by atoms with Crippen molar-refractivity contribution < 1.29 is 14.1 Å². The molecule has 128 valence electrons. The topological polar surface area (TPSA) is 93.7 Å². The van der Waals surface area contributed by atoms with Crippen molar-refractivity contribution in [2.45, 2.75) is 13.0 Å². The van der Waals surface area contributed by atoms with E-state index in [0.717, 1.165) is 24.6 Å². The molecule has 1 saturated heterocycles. The third-order valence-electron chi connectivity index (χ3n) is 4.02. The summed E-state index contributed by atoms with van der Waals surface area (Å²) < 4.78 is 11.2. The first-order chi connectivity index (χ1) is 11.6. The summed E-state index contributed by atoms with van der Waals surface area (Å²) in [5.74, 6) is 1.94. The number of pyridine rings is 1. The molecule has 8 nitrogen and oxygen atoms in total. The molecule has 2 aromatic heterocycles. The van der Waals surface area contributed by atoms with Gasteiger partial charge in [-0.2, -0.15) is 0 Å². The summed E-state index contributed by atoms with van der Waals surface area (Å²) in [6.45, 7) is 5.27. The van der Waals surface area contributed by atoms with E-state index < -0.39 is 4.92 Å². The first-order valence-corrected chi connectivity index (χ1v) is 7.86. The van der Waals surface area contributed by atoms with Crippen LogP contribution in [0.4, 0.5) is 11.5 Å². The molecule has 0 radical (unpaired) electrons. The summed E-state index contributed by atoms with van der Waals surface area (Å²) in [6.07, 6.45) is 1.54. The second kappa shape index (κ2) is 7.41. The van der Waals surface area contributed by atoms with E-state index in [9.17, 15) is 10.1 Å². The Morgan fingerprint density at radius 1 is 1.38 bits per heavy atom. The zero-order chi connectivity index (χ0) is 16.9. The first-order valence-electron chi connectivity index (χ1n) is 7.86. The summed E-state index contributed by atoms with van der Waals surface area (Å²) in [6, 6.07) is 6.83. The molecule has 0 saturated carbocycles. The number of hydrogen-bond donors (Lipinski definition) is 1. The summed E-state index contributed by atoms with van der Waals surface area (Å²) in [7, 11) is 0. The monoisotopic (exact) mass is 332 g/mol. The number of anilines is 1. The Labute approximate surface area is 139 Å². The minimum absolute atomic E-state index is 0.0335.